The first-order chi connectivity index (χ1) is 9.67. The Morgan fingerprint density at radius 2 is 2.35 bits per heavy atom. The minimum atomic E-state index is 0.393. The fourth-order valence-corrected chi connectivity index (χ4v) is 3.46. The average Bonchev–Trinajstić information content (AvgIpc) is 2.82. The van der Waals surface area contributed by atoms with Crippen LogP contribution in [0.4, 0.5) is 0 Å². The molecule has 4 heteroatoms. The number of imidazole rings is 1. The van der Waals surface area contributed by atoms with Crippen LogP contribution in [0.25, 0.3) is 11.0 Å². The van der Waals surface area contributed by atoms with Crippen LogP contribution >= 0.6 is 11.6 Å². The van der Waals surface area contributed by atoms with Gasteiger partial charge in [-0.25, -0.2) is 4.98 Å². The van der Waals surface area contributed by atoms with E-state index < -0.39 is 0 Å². The van der Waals surface area contributed by atoms with E-state index in [-0.39, 0.29) is 0 Å². The van der Waals surface area contributed by atoms with Gasteiger partial charge in [-0.05, 0) is 49.9 Å². The Bertz CT molecular complexity index is 592. The van der Waals surface area contributed by atoms with Crippen LogP contribution in [0, 0.1) is 5.92 Å². The van der Waals surface area contributed by atoms with Gasteiger partial charge in [-0.3, -0.25) is 4.90 Å². The monoisotopic (exact) mass is 291 g/mol. The minimum Gasteiger partial charge on any atom is -0.341 e. The molecule has 3 rings (SSSR count). The molecule has 2 heterocycles. The van der Waals surface area contributed by atoms with Crippen LogP contribution in [0.3, 0.4) is 0 Å². The normalized spacial score (nSPS) is 22.2. The van der Waals surface area contributed by atoms with E-state index in [0.717, 1.165) is 34.2 Å². The number of benzene rings is 1. The number of fused-ring (bicyclic) bond motifs is 1. The molecule has 20 heavy (non-hydrogen) atoms. The molecule has 1 N–H and O–H groups in total. The Kier molecular flexibility index (Phi) is 3.99. The lowest BCUT2D eigenvalue weighted by molar-refractivity contribution is 0.122. The van der Waals surface area contributed by atoms with Gasteiger partial charge in [0, 0.05) is 11.6 Å². The van der Waals surface area contributed by atoms with Crippen LogP contribution in [-0.2, 0) is 0 Å². The van der Waals surface area contributed by atoms with Gasteiger partial charge in [0.2, 0.25) is 0 Å². The van der Waals surface area contributed by atoms with Gasteiger partial charge in [0.05, 0.1) is 17.1 Å². The third-order valence-electron chi connectivity index (χ3n) is 4.29. The highest BCUT2D eigenvalue weighted by Gasteiger charge is 2.26. The second-order valence-corrected chi connectivity index (χ2v) is 6.39. The molecule has 108 valence electrons. The van der Waals surface area contributed by atoms with Crippen LogP contribution in [0.1, 0.15) is 45.0 Å². The maximum atomic E-state index is 6.05. The topological polar surface area (TPSA) is 31.9 Å². The predicted octanol–water partition coefficient (Wildman–Crippen LogP) is 4.40. The summed E-state index contributed by atoms with van der Waals surface area (Å²) in [5.41, 5.74) is 2.05. The van der Waals surface area contributed by atoms with Gasteiger partial charge in [0.25, 0.3) is 0 Å². The van der Waals surface area contributed by atoms with Crippen LogP contribution < -0.4 is 0 Å². The molecule has 1 fully saturated rings. The van der Waals surface area contributed by atoms with E-state index in [1.54, 1.807) is 0 Å². The van der Waals surface area contributed by atoms with Crippen molar-refractivity contribution in [1.82, 2.24) is 14.9 Å². The Labute approximate surface area is 125 Å². The van der Waals surface area contributed by atoms with Crippen molar-refractivity contribution in [1.29, 1.82) is 0 Å². The first kappa shape index (κ1) is 13.9. The zero-order valence-electron chi connectivity index (χ0n) is 12.2. The third kappa shape index (κ3) is 2.70. The van der Waals surface area contributed by atoms with E-state index in [2.05, 4.69) is 23.7 Å². The molecular formula is C16H22ClN3. The van der Waals surface area contributed by atoms with Gasteiger partial charge in [0.1, 0.15) is 5.82 Å². The molecule has 0 aliphatic carbocycles. The number of hydrogen-bond acceptors (Lipinski definition) is 2. The van der Waals surface area contributed by atoms with Gasteiger partial charge in [0.15, 0.2) is 0 Å². The van der Waals surface area contributed by atoms with Crippen molar-refractivity contribution in [3.63, 3.8) is 0 Å². The predicted molar refractivity (Wildman–Crippen MR) is 84.1 cm³/mol. The number of aromatic nitrogens is 2. The van der Waals surface area contributed by atoms with E-state index >= 15 is 0 Å². The summed E-state index contributed by atoms with van der Waals surface area (Å²) in [4.78, 5) is 10.8. The second-order valence-electron chi connectivity index (χ2n) is 5.95. The van der Waals surface area contributed by atoms with E-state index in [4.69, 9.17) is 16.6 Å². The van der Waals surface area contributed by atoms with E-state index in [1.165, 1.54) is 25.9 Å². The maximum Gasteiger partial charge on any atom is 0.124 e. The summed E-state index contributed by atoms with van der Waals surface area (Å²) in [6.45, 7) is 6.94. The number of aromatic amines is 1. The number of H-pyrrole nitrogens is 1. The number of halogens is 1. The smallest absolute Gasteiger partial charge is 0.124 e. The van der Waals surface area contributed by atoms with Gasteiger partial charge < -0.3 is 4.98 Å². The molecule has 2 unspecified atom stereocenters. The number of likely N-dealkylation sites (tertiary alicyclic amines) is 1. The number of nitrogens with one attached hydrogen (secondary N) is 1. The van der Waals surface area contributed by atoms with Crippen molar-refractivity contribution in [2.45, 2.75) is 39.2 Å². The molecule has 2 atom stereocenters. The Hall–Kier alpha value is -1.06. The van der Waals surface area contributed by atoms with Gasteiger partial charge in [-0.2, -0.15) is 0 Å². The summed E-state index contributed by atoms with van der Waals surface area (Å²) in [7, 11) is 0. The fourth-order valence-electron chi connectivity index (χ4n) is 3.29. The maximum absolute atomic E-state index is 6.05. The van der Waals surface area contributed by atoms with Crippen LogP contribution in [0.2, 0.25) is 5.02 Å². The van der Waals surface area contributed by atoms with Gasteiger partial charge in [-0.1, -0.05) is 25.4 Å². The lowest BCUT2D eigenvalue weighted by atomic mass is 9.98. The third-order valence-corrected chi connectivity index (χ3v) is 4.53. The highest BCUT2D eigenvalue weighted by Crippen LogP contribution is 2.29. The van der Waals surface area contributed by atoms with Gasteiger partial charge in [-0.15, -0.1) is 0 Å². The summed E-state index contributed by atoms with van der Waals surface area (Å²) < 4.78 is 0. The molecule has 3 nitrogen and oxygen atoms in total. The number of hydrogen-bond donors (Lipinski definition) is 1. The summed E-state index contributed by atoms with van der Waals surface area (Å²) in [5.74, 6) is 1.87. The molecule has 2 aromatic rings. The van der Waals surface area contributed by atoms with Crippen molar-refractivity contribution in [2.24, 2.45) is 5.92 Å². The quantitative estimate of drug-likeness (QED) is 0.909. The molecule has 1 aromatic heterocycles. The fraction of sp³-hybridized carbons (Fsp3) is 0.562. The van der Waals surface area contributed by atoms with E-state index in [0.29, 0.717) is 6.04 Å². The Balaban J connectivity index is 1.90. The average molecular weight is 292 g/mol. The van der Waals surface area contributed by atoms with Crippen LogP contribution in [-0.4, -0.2) is 28.0 Å². The molecule has 1 aliphatic heterocycles. The van der Waals surface area contributed by atoms with E-state index in [9.17, 15) is 0 Å². The first-order valence-corrected chi connectivity index (χ1v) is 7.94. The highest BCUT2D eigenvalue weighted by atomic mass is 35.5. The lowest BCUT2D eigenvalue weighted by Crippen LogP contribution is -2.37. The molecule has 1 saturated heterocycles. The van der Waals surface area contributed by atoms with Crippen LogP contribution in [0.5, 0.6) is 0 Å². The molecule has 0 spiro atoms. The Morgan fingerprint density at radius 1 is 1.50 bits per heavy atom. The zero-order valence-corrected chi connectivity index (χ0v) is 13.0. The molecule has 0 saturated carbocycles. The summed E-state index contributed by atoms with van der Waals surface area (Å²) in [6.07, 6.45) is 3.73. The lowest BCUT2D eigenvalue weighted by Gasteiger charge is -2.35. The van der Waals surface area contributed by atoms with Crippen molar-refractivity contribution < 1.29 is 0 Å². The number of rotatable bonds is 3. The van der Waals surface area contributed by atoms with E-state index in [1.807, 2.05) is 18.2 Å². The standard InChI is InChI=1S/C16H22ClN3/c1-3-15(20-8-4-5-11(2)10-20)16-18-13-7-6-12(17)9-14(13)19-16/h6-7,9,11,15H,3-5,8,10H2,1-2H3,(H,18,19). The first-order valence-electron chi connectivity index (χ1n) is 7.56. The van der Waals surface area contributed by atoms with Crippen molar-refractivity contribution in [3.8, 4) is 0 Å². The summed E-state index contributed by atoms with van der Waals surface area (Å²) in [5, 5.41) is 0.757. The van der Waals surface area contributed by atoms with Crippen LogP contribution in [0.15, 0.2) is 18.2 Å². The largest absolute Gasteiger partial charge is 0.341 e. The summed E-state index contributed by atoms with van der Waals surface area (Å²) >= 11 is 6.05. The highest BCUT2D eigenvalue weighted by molar-refractivity contribution is 6.31. The number of nitrogens with zero attached hydrogens (tertiary/aromatic N) is 2. The molecule has 0 amide bonds. The molecule has 0 radical (unpaired) electrons. The minimum absolute atomic E-state index is 0.393. The molecular weight excluding hydrogens is 270 g/mol. The molecule has 1 aromatic carbocycles. The molecule has 1 aliphatic rings. The second kappa shape index (κ2) is 5.74. The summed E-state index contributed by atoms with van der Waals surface area (Å²) in [6, 6.07) is 6.24. The van der Waals surface area contributed by atoms with Crippen molar-refractivity contribution >= 4 is 22.6 Å². The van der Waals surface area contributed by atoms with Gasteiger partial charge >= 0.3 is 0 Å². The van der Waals surface area contributed by atoms with Crippen molar-refractivity contribution in [2.75, 3.05) is 13.1 Å². The Morgan fingerprint density at radius 3 is 3.10 bits per heavy atom. The molecule has 0 bridgehead atoms. The zero-order chi connectivity index (χ0) is 14.1. The number of piperidine rings is 1. The van der Waals surface area contributed by atoms with Crippen molar-refractivity contribution in [3.05, 3.63) is 29.0 Å². The SMILES string of the molecule is CCC(c1nc2ccc(Cl)cc2[nH]1)N1CCCC(C)C1.